The van der Waals surface area contributed by atoms with Gasteiger partial charge >= 0.3 is 5.97 Å². The molecule has 188 valence electrons. The lowest BCUT2D eigenvalue weighted by Gasteiger charge is -2.23. The van der Waals surface area contributed by atoms with Crippen molar-refractivity contribution in [2.45, 2.75) is 62.7 Å². The average molecular weight is 476 g/mol. The summed E-state index contributed by atoms with van der Waals surface area (Å²) in [5, 5.41) is 25.1. The van der Waals surface area contributed by atoms with Crippen LogP contribution in [0.4, 0.5) is 0 Å². The Bertz CT molecular complexity index is 718. The fraction of sp³-hybridized carbons (Fsp3) is 0.667. The first kappa shape index (κ1) is 29.7. The van der Waals surface area contributed by atoms with E-state index in [0.717, 1.165) is 0 Å². The second kappa shape index (κ2) is 15.5. The van der Waals surface area contributed by atoms with E-state index in [1.807, 2.05) is 0 Å². The molecule has 0 saturated carbocycles. The van der Waals surface area contributed by atoms with E-state index in [2.05, 4.69) is 16.0 Å². The predicted molar refractivity (Wildman–Crippen MR) is 114 cm³/mol. The minimum atomic E-state index is -1.63. The van der Waals surface area contributed by atoms with Crippen molar-refractivity contribution in [3.8, 4) is 0 Å². The van der Waals surface area contributed by atoms with Crippen molar-refractivity contribution in [2.24, 2.45) is 22.9 Å². The summed E-state index contributed by atoms with van der Waals surface area (Å²) in [7, 11) is 0. The zero-order valence-electron chi connectivity index (χ0n) is 18.1. The van der Waals surface area contributed by atoms with E-state index in [4.69, 9.17) is 28.0 Å². The summed E-state index contributed by atoms with van der Waals surface area (Å²) in [6.45, 7) is -0.521. The van der Waals surface area contributed by atoms with Gasteiger partial charge in [0.05, 0.1) is 19.1 Å². The fourth-order valence-electron chi connectivity index (χ4n) is 2.61. The molecule has 0 aromatic rings. The van der Waals surface area contributed by atoms with E-state index in [1.165, 1.54) is 0 Å². The van der Waals surface area contributed by atoms with Gasteiger partial charge in [0, 0.05) is 6.42 Å². The topological polar surface area (TPSA) is 283 Å². The average Bonchev–Trinajstić information content (AvgIpc) is 2.73. The molecule has 0 heterocycles. The van der Waals surface area contributed by atoms with E-state index in [1.54, 1.807) is 0 Å². The van der Waals surface area contributed by atoms with Gasteiger partial charge in [-0.15, -0.1) is 0 Å². The molecular weight excluding hydrogens is 442 g/mol. The molecule has 0 aromatic heterocycles. The molecule has 0 saturated heterocycles. The lowest BCUT2D eigenvalue weighted by molar-refractivity contribution is -0.143. The van der Waals surface area contributed by atoms with Crippen LogP contribution in [-0.4, -0.2) is 83.0 Å². The molecule has 4 atom stereocenters. The van der Waals surface area contributed by atoms with Gasteiger partial charge < -0.3 is 49.1 Å². The number of hydrogen-bond acceptors (Lipinski definition) is 9. The minimum Gasteiger partial charge on any atom is -0.480 e. The van der Waals surface area contributed by atoms with Gasteiger partial charge in [-0.25, -0.2) is 4.79 Å². The van der Waals surface area contributed by atoms with Crippen LogP contribution in [-0.2, 0) is 28.8 Å². The van der Waals surface area contributed by atoms with Crippen molar-refractivity contribution < 1.29 is 39.0 Å². The number of amides is 5. The third-order valence-corrected chi connectivity index (χ3v) is 4.45. The van der Waals surface area contributed by atoms with Crippen LogP contribution in [0.5, 0.6) is 0 Å². The first-order valence-electron chi connectivity index (χ1n) is 10.2. The normalized spacial score (nSPS) is 14.3. The van der Waals surface area contributed by atoms with Gasteiger partial charge in [-0.05, 0) is 25.8 Å². The lowest BCUT2D eigenvalue weighted by atomic mass is 10.1. The number of aliphatic hydroxyl groups excluding tert-OH is 1. The molecule has 0 aliphatic rings. The van der Waals surface area contributed by atoms with E-state index < -0.39 is 72.7 Å². The zero-order chi connectivity index (χ0) is 25.6. The van der Waals surface area contributed by atoms with Crippen molar-refractivity contribution in [1.29, 1.82) is 0 Å². The van der Waals surface area contributed by atoms with Crippen molar-refractivity contribution in [3.63, 3.8) is 0 Å². The van der Waals surface area contributed by atoms with Crippen LogP contribution in [0.1, 0.15) is 38.5 Å². The molecule has 15 nitrogen and oxygen atoms in total. The van der Waals surface area contributed by atoms with Crippen LogP contribution in [0.2, 0.25) is 0 Å². The molecule has 0 rings (SSSR count). The first-order chi connectivity index (χ1) is 15.4. The smallest absolute Gasteiger partial charge is 0.326 e. The van der Waals surface area contributed by atoms with E-state index >= 15 is 0 Å². The van der Waals surface area contributed by atoms with Crippen LogP contribution in [0, 0.1) is 0 Å². The number of unbranched alkanes of at least 4 members (excludes halogenated alkanes) is 1. The molecule has 33 heavy (non-hydrogen) atoms. The third kappa shape index (κ3) is 12.4. The van der Waals surface area contributed by atoms with E-state index in [9.17, 15) is 33.9 Å². The van der Waals surface area contributed by atoms with Gasteiger partial charge in [0.15, 0.2) is 0 Å². The Labute approximate surface area is 190 Å². The van der Waals surface area contributed by atoms with E-state index in [0.29, 0.717) is 19.4 Å². The van der Waals surface area contributed by atoms with Crippen LogP contribution in [0.15, 0.2) is 0 Å². The van der Waals surface area contributed by atoms with Crippen LogP contribution < -0.4 is 38.9 Å². The standard InChI is InChI=1S/C18H33N7O8/c19-6-2-1-3-9(20)15(29)24-11(7-14(22)28)16(30)25-12(8-26)17(31)23-10(18(32)33)4-5-13(21)27/h9-12,26H,1-8,19-20H2,(H2,21,27)(H2,22,28)(H,23,31)(H,24,29)(H,25,30)(H,32,33). The minimum absolute atomic E-state index is 0.275. The number of carbonyl (C=O) groups excluding carboxylic acids is 5. The maximum atomic E-state index is 12.5. The van der Waals surface area contributed by atoms with Crippen molar-refractivity contribution in [2.75, 3.05) is 13.2 Å². The summed E-state index contributed by atoms with van der Waals surface area (Å²) in [5.74, 6) is -6.03. The Kier molecular flexibility index (Phi) is 13.9. The lowest BCUT2D eigenvalue weighted by Crippen LogP contribution is -2.58. The molecule has 0 radical (unpaired) electrons. The molecule has 0 bridgehead atoms. The maximum absolute atomic E-state index is 12.5. The molecule has 0 aliphatic carbocycles. The Hall–Kier alpha value is -3.30. The Morgan fingerprint density at radius 2 is 1.30 bits per heavy atom. The highest BCUT2D eigenvalue weighted by Crippen LogP contribution is 2.02. The summed E-state index contributed by atoms with van der Waals surface area (Å²) in [6, 6.07) is -5.62. The summed E-state index contributed by atoms with van der Waals surface area (Å²) in [5.41, 5.74) is 21.2. The maximum Gasteiger partial charge on any atom is 0.326 e. The molecule has 0 spiro atoms. The molecule has 0 aromatic carbocycles. The van der Waals surface area contributed by atoms with Crippen LogP contribution in [0.3, 0.4) is 0 Å². The number of carboxylic acids is 1. The second-order valence-corrected chi connectivity index (χ2v) is 7.27. The second-order valence-electron chi connectivity index (χ2n) is 7.27. The first-order valence-corrected chi connectivity index (χ1v) is 10.2. The number of carboxylic acid groups (broad SMARTS) is 1. The number of aliphatic hydroxyl groups is 1. The largest absolute Gasteiger partial charge is 0.480 e. The van der Waals surface area contributed by atoms with Crippen molar-refractivity contribution in [1.82, 2.24) is 16.0 Å². The number of nitrogens with two attached hydrogens (primary N) is 4. The number of primary amides is 2. The zero-order valence-corrected chi connectivity index (χ0v) is 18.1. The Morgan fingerprint density at radius 1 is 0.758 bits per heavy atom. The number of aliphatic carboxylic acids is 1. The SMILES string of the molecule is NCCCCC(N)C(=O)NC(CC(N)=O)C(=O)NC(CO)C(=O)NC(CCC(N)=O)C(=O)O. The van der Waals surface area contributed by atoms with Gasteiger partial charge in [0.2, 0.25) is 29.5 Å². The third-order valence-electron chi connectivity index (χ3n) is 4.45. The molecule has 0 aliphatic heterocycles. The highest BCUT2D eigenvalue weighted by molar-refractivity contribution is 5.96. The molecule has 5 amide bonds. The summed E-state index contributed by atoms with van der Waals surface area (Å²) in [6.07, 6.45) is 0.207. The summed E-state index contributed by atoms with van der Waals surface area (Å²) >= 11 is 0. The Morgan fingerprint density at radius 3 is 1.79 bits per heavy atom. The summed E-state index contributed by atoms with van der Waals surface area (Å²) < 4.78 is 0. The molecule has 15 heteroatoms. The number of carbonyl (C=O) groups is 6. The molecule has 13 N–H and O–H groups in total. The van der Waals surface area contributed by atoms with Gasteiger partial charge in [0.1, 0.15) is 18.1 Å². The van der Waals surface area contributed by atoms with Gasteiger partial charge in [0.25, 0.3) is 0 Å². The number of nitrogens with one attached hydrogen (secondary N) is 3. The molecule has 4 unspecified atom stereocenters. The van der Waals surface area contributed by atoms with Crippen molar-refractivity contribution >= 4 is 35.5 Å². The van der Waals surface area contributed by atoms with Crippen molar-refractivity contribution in [3.05, 3.63) is 0 Å². The van der Waals surface area contributed by atoms with Gasteiger partial charge in [-0.1, -0.05) is 6.42 Å². The highest BCUT2D eigenvalue weighted by Gasteiger charge is 2.30. The van der Waals surface area contributed by atoms with Crippen LogP contribution >= 0.6 is 0 Å². The predicted octanol–water partition coefficient (Wildman–Crippen LogP) is -4.89. The van der Waals surface area contributed by atoms with E-state index in [-0.39, 0.29) is 19.3 Å². The molecular formula is C18H33N7O8. The van der Waals surface area contributed by atoms with Gasteiger partial charge in [-0.2, -0.15) is 0 Å². The Balaban J connectivity index is 5.19. The van der Waals surface area contributed by atoms with Crippen LogP contribution in [0.25, 0.3) is 0 Å². The number of hydrogen-bond donors (Lipinski definition) is 9. The number of rotatable bonds is 17. The highest BCUT2D eigenvalue weighted by atomic mass is 16.4. The summed E-state index contributed by atoms with van der Waals surface area (Å²) in [4.78, 5) is 70.5. The quantitative estimate of drug-likeness (QED) is 0.0903. The van der Waals surface area contributed by atoms with Gasteiger partial charge in [-0.3, -0.25) is 24.0 Å². The molecule has 0 fully saturated rings. The fourth-order valence-corrected chi connectivity index (χ4v) is 2.61. The monoisotopic (exact) mass is 475 g/mol.